The van der Waals surface area contributed by atoms with Gasteiger partial charge in [-0.2, -0.15) is 0 Å². The van der Waals surface area contributed by atoms with Crippen molar-refractivity contribution in [2.45, 2.75) is 40.3 Å². The van der Waals surface area contributed by atoms with Gasteiger partial charge >= 0.3 is 0 Å². The van der Waals surface area contributed by atoms with Gasteiger partial charge in [-0.05, 0) is 37.1 Å². The molecule has 0 spiro atoms. The largest absolute Gasteiger partial charge is 0.494 e. The normalized spacial score (nSPS) is 12.2. The highest BCUT2D eigenvalue weighted by Crippen LogP contribution is 2.17. The molecular weight excluding hydrogens is 364 g/mol. The van der Waals surface area contributed by atoms with Gasteiger partial charge in [0.2, 0.25) is 5.91 Å². The Labute approximate surface area is 173 Å². The van der Waals surface area contributed by atoms with Crippen LogP contribution in [0, 0.1) is 5.92 Å². The number of carbonyl (C=O) groups excluding carboxylic acids is 1. The maximum absolute atomic E-state index is 12.1. The molecule has 0 aromatic heterocycles. The molecule has 3 N–H and O–H groups in total. The van der Waals surface area contributed by atoms with E-state index < -0.39 is 0 Å². The average Bonchev–Trinajstić information content (AvgIpc) is 2.74. The van der Waals surface area contributed by atoms with Crippen LogP contribution in [-0.2, 0) is 17.9 Å². The third kappa shape index (κ3) is 7.14. The van der Waals surface area contributed by atoms with Gasteiger partial charge in [0.25, 0.3) is 0 Å². The van der Waals surface area contributed by atoms with Gasteiger partial charge in [-0.15, -0.1) is 0 Å². The second kappa shape index (κ2) is 11.7. The molecule has 6 heteroatoms. The summed E-state index contributed by atoms with van der Waals surface area (Å²) in [7, 11) is 1.74. The average molecular weight is 397 g/mol. The Kier molecular flexibility index (Phi) is 9.02. The number of hydrogen-bond acceptors (Lipinski definition) is 3. The van der Waals surface area contributed by atoms with E-state index >= 15 is 0 Å². The highest BCUT2D eigenvalue weighted by atomic mass is 16.5. The number of anilines is 1. The van der Waals surface area contributed by atoms with Crippen LogP contribution < -0.4 is 20.7 Å². The first-order valence-electron chi connectivity index (χ1n) is 10.1. The van der Waals surface area contributed by atoms with Gasteiger partial charge in [-0.25, -0.2) is 0 Å². The molecule has 2 rings (SSSR count). The van der Waals surface area contributed by atoms with Crippen LogP contribution in [0.25, 0.3) is 0 Å². The van der Waals surface area contributed by atoms with Gasteiger partial charge in [0.05, 0.1) is 6.61 Å². The number of nitrogens with zero attached hydrogens (tertiary/aromatic N) is 1. The van der Waals surface area contributed by atoms with Crippen molar-refractivity contribution in [3.05, 3.63) is 59.7 Å². The molecule has 0 aliphatic carbocycles. The molecule has 0 heterocycles. The summed E-state index contributed by atoms with van der Waals surface area (Å²) in [6, 6.07) is 15.8. The van der Waals surface area contributed by atoms with Crippen molar-refractivity contribution in [1.29, 1.82) is 0 Å². The molecule has 1 amide bonds. The lowest BCUT2D eigenvalue weighted by Crippen LogP contribution is -2.36. The van der Waals surface area contributed by atoms with E-state index in [0.717, 1.165) is 29.0 Å². The topological polar surface area (TPSA) is 74.8 Å². The highest BCUT2D eigenvalue weighted by Gasteiger charge is 2.10. The number of amides is 1. The molecule has 0 radical (unpaired) electrons. The Morgan fingerprint density at radius 2 is 1.83 bits per heavy atom. The van der Waals surface area contributed by atoms with Crippen LogP contribution >= 0.6 is 0 Å². The molecule has 0 fully saturated rings. The van der Waals surface area contributed by atoms with Crippen LogP contribution in [0.1, 0.15) is 38.3 Å². The molecule has 0 saturated carbocycles. The minimum atomic E-state index is -0.000580. The van der Waals surface area contributed by atoms with E-state index in [9.17, 15) is 4.79 Å². The molecule has 6 nitrogen and oxygen atoms in total. The van der Waals surface area contributed by atoms with E-state index in [1.807, 2.05) is 69.3 Å². The van der Waals surface area contributed by atoms with Gasteiger partial charge in [0, 0.05) is 37.3 Å². The first-order valence-corrected chi connectivity index (χ1v) is 10.1. The van der Waals surface area contributed by atoms with Crippen molar-refractivity contribution in [2.24, 2.45) is 10.9 Å². The standard InChI is InChI=1S/C23H32N4O2/c1-5-17(3)22(28)27-20-12-9-10-18(14-20)15-25-23(24-4)26-16-19-11-7-8-13-21(19)29-6-2/h7-14,17H,5-6,15-16H2,1-4H3,(H,27,28)(H2,24,25,26). The molecule has 2 aromatic carbocycles. The molecule has 0 bridgehead atoms. The number of ether oxygens (including phenoxy) is 1. The van der Waals surface area contributed by atoms with Crippen LogP contribution in [0.2, 0.25) is 0 Å². The predicted molar refractivity (Wildman–Crippen MR) is 119 cm³/mol. The number of rotatable bonds is 9. The Morgan fingerprint density at radius 3 is 2.55 bits per heavy atom. The number of guanidine groups is 1. The smallest absolute Gasteiger partial charge is 0.227 e. The van der Waals surface area contributed by atoms with E-state index in [1.165, 1.54) is 0 Å². The Balaban J connectivity index is 1.91. The van der Waals surface area contributed by atoms with Crippen LogP contribution in [-0.4, -0.2) is 25.5 Å². The third-order valence-corrected chi connectivity index (χ3v) is 4.66. The number of para-hydroxylation sites is 1. The van der Waals surface area contributed by atoms with Gasteiger partial charge < -0.3 is 20.7 Å². The fourth-order valence-corrected chi connectivity index (χ4v) is 2.74. The van der Waals surface area contributed by atoms with Crippen molar-refractivity contribution >= 4 is 17.6 Å². The first kappa shape index (κ1) is 22.3. The second-order valence-electron chi connectivity index (χ2n) is 6.82. The Bertz CT molecular complexity index is 820. The number of benzene rings is 2. The van der Waals surface area contributed by atoms with Gasteiger partial charge in [0.15, 0.2) is 5.96 Å². The summed E-state index contributed by atoms with van der Waals surface area (Å²) >= 11 is 0. The summed E-state index contributed by atoms with van der Waals surface area (Å²) < 4.78 is 5.67. The number of nitrogens with one attached hydrogen (secondary N) is 3. The first-order chi connectivity index (χ1) is 14.1. The number of hydrogen-bond donors (Lipinski definition) is 3. The molecular formula is C23H32N4O2. The molecule has 156 valence electrons. The zero-order valence-corrected chi connectivity index (χ0v) is 17.8. The summed E-state index contributed by atoms with van der Waals surface area (Å²) in [4.78, 5) is 16.4. The molecule has 1 atom stereocenters. The number of carbonyl (C=O) groups is 1. The van der Waals surface area contributed by atoms with Crippen LogP contribution in [0.15, 0.2) is 53.5 Å². The lowest BCUT2D eigenvalue weighted by atomic mass is 10.1. The van der Waals surface area contributed by atoms with Crippen molar-refractivity contribution in [1.82, 2.24) is 10.6 Å². The predicted octanol–water partition coefficient (Wildman–Crippen LogP) is 3.94. The van der Waals surface area contributed by atoms with E-state index in [2.05, 4.69) is 20.9 Å². The third-order valence-electron chi connectivity index (χ3n) is 4.66. The van der Waals surface area contributed by atoms with E-state index in [0.29, 0.717) is 25.7 Å². The fourth-order valence-electron chi connectivity index (χ4n) is 2.74. The van der Waals surface area contributed by atoms with Crippen molar-refractivity contribution < 1.29 is 9.53 Å². The fraction of sp³-hybridized carbons (Fsp3) is 0.391. The highest BCUT2D eigenvalue weighted by molar-refractivity contribution is 5.92. The van der Waals surface area contributed by atoms with Crippen molar-refractivity contribution in [3.8, 4) is 5.75 Å². The molecule has 29 heavy (non-hydrogen) atoms. The SMILES string of the molecule is CCOc1ccccc1CNC(=NC)NCc1cccc(NC(=O)C(C)CC)c1. The lowest BCUT2D eigenvalue weighted by molar-refractivity contribution is -0.119. The Morgan fingerprint density at radius 1 is 1.07 bits per heavy atom. The minimum absolute atomic E-state index is 0.000580. The zero-order valence-electron chi connectivity index (χ0n) is 17.8. The summed E-state index contributed by atoms with van der Waals surface area (Å²) in [5.41, 5.74) is 2.94. The molecule has 2 aromatic rings. The second-order valence-corrected chi connectivity index (χ2v) is 6.82. The summed E-state index contributed by atoms with van der Waals surface area (Å²) in [5.74, 6) is 1.62. The summed E-state index contributed by atoms with van der Waals surface area (Å²) in [6.07, 6.45) is 0.821. The summed E-state index contributed by atoms with van der Waals surface area (Å²) in [6.45, 7) is 7.76. The number of aliphatic imine (C=N–C) groups is 1. The minimum Gasteiger partial charge on any atom is -0.494 e. The summed E-state index contributed by atoms with van der Waals surface area (Å²) in [5, 5.41) is 9.59. The molecule has 0 aliphatic rings. The van der Waals surface area contributed by atoms with Gasteiger partial charge in [-0.1, -0.05) is 44.2 Å². The monoisotopic (exact) mass is 396 g/mol. The quantitative estimate of drug-likeness (QED) is 0.443. The van der Waals surface area contributed by atoms with Crippen LogP contribution in [0.3, 0.4) is 0 Å². The maximum Gasteiger partial charge on any atom is 0.227 e. The Hall–Kier alpha value is -3.02. The van der Waals surface area contributed by atoms with E-state index in [1.54, 1.807) is 7.05 Å². The van der Waals surface area contributed by atoms with Crippen LogP contribution in [0.5, 0.6) is 5.75 Å². The van der Waals surface area contributed by atoms with Crippen molar-refractivity contribution in [3.63, 3.8) is 0 Å². The lowest BCUT2D eigenvalue weighted by Gasteiger charge is -2.15. The maximum atomic E-state index is 12.1. The molecule has 1 unspecified atom stereocenters. The van der Waals surface area contributed by atoms with E-state index in [4.69, 9.17) is 4.74 Å². The molecule has 0 aliphatic heterocycles. The molecule has 0 saturated heterocycles. The zero-order chi connectivity index (χ0) is 21.1. The van der Waals surface area contributed by atoms with Gasteiger partial charge in [0.1, 0.15) is 5.75 Å². The van der Waals surface area contributed by atoms with Crippen LogP contribution in [0.4, 0.5) is 5.69 Å². The van der Waals surface area contributed by atoms with Crippen molar-refractivity contribution in [2.75, 3.05) is 19.0 Å². The van der Waals surface area contributed by atoms with Gasteiger partial charge in [-0.3, -0.25) is 9.79 Å². The van der Waals surface area contributed by atoms with E-state index in [-0.39, 0.29) is 11.8 Å².